The van der Waals surface area contributed by atoms with Crippen molar-refractivity contribution in [3.8, 4) is 10.4 Å². The normalized spacial score (nSPS) is 12.8. The van der Waals surface area contributed by atoms with Gasteiger partial charge in [-0.25, -0.2) is 0 Å². The Kier molecular flexibility index (Phi) is 3.70. The SMILES string of the molecule is CC(N)c1ccc(-c2sccc2Br)cc1Cl. The lowest BCUT2D eigenvalue weighted by atomic mass is 10.1. The Morgan fingerprint density at radius 1 is 1.38 bits per heavy atom. The molecule has 0 fully saturated rings. The first-order valence-corrected chi connectivity index (χ1v) is 6.93. The molecule has 2 N–H and O–H groups in total. The molecule has 0 amide bonds. The molecule has 1 aromatic carbocycles. The van der Waals surface area contributed by atoms with Crippen molar-refractivity contribution in [1.29, 1.82) is 0 Å². The Morgan fingerprint density at radius 2 is 2.12 bits per heavy atom. The van der Waals surface area contributed by atoms with Gasteiger partial charge >= 0.3 is 0 Å². The van der Waals surface area contributed by atoms with Crippen molar-refractivity contribution in [2.45, 2.75) is 13.0 Å². The summed E-state index contributed by atoms with van der Waals surface area (Å²) in [7, 11) is 0. The molecule has 1 atom stereocenters. The molecule has 2 rings (SSSR count). The van der Waals surface area contributed by atoms with Gasteiger partial charge in [-0.1, -0.05) is 23.7 Å². The molecule has 4 heteroatoms. The third-order valence-electron chi connectivity index (χ3n) is 2.37. The van der Waals surface area contributed by atoms with Gasteiger partial charge in [0.25, 0.3) is 0 Å². The van der Waals surface area contributed by atoms with E-state index in [1.807, 2.05) is 30.5 Å². The molecule has 84 valence electrons. The van der Waals surface area contributed by atoms with Gasteiger partial charge in [0, 0.05) is 20.4 Å². The number of benzene rings is 1. The average molecular weight is 317 g/mol. The highest BCUT2D eigenvalue weighted by molar-refractivity contribution is 9.10. The van der Waals surface area contributed by atoms with E-state index in [4.69, 9.17) is 17.3 Å². The van der Waals surface area contributed by atoms with E-state index in [0.29, 0.717) is 0 Å². The molecule has 1 aromatic heterocycles. The van der Waals surface area contributed by atoms with Gasteiger partial charge in [0.15, 0.2) is 0 Å². The number of halogens is 2. The van der Waals surface area contributed by atoms with E-state index < -0.39 is 0 Å². The minimum absolute atomic E-state index is 0.0340. The summed E-state index contributed by atoms with van der Waals surface area (Å²) in [6.07, 6.45) is 0. The van der Waals surface area contributed by atoms with Gasteiger partial charge in [0.2, 0.25) is 0 Å². The summed E-state index contributed by atoms with van der Waals surface area (Å²) in [5.41, 5.74) is 7.93. The maximum atomic E-state index is 6.20. The second-order valence-corrected chi connectivity index (χ2v) is 5.80. The highest BCUT2D eigenvalue weighted by Gasteiger charge is 2.09. The number of rotatable bonds is 2. The lowest BCUT2D eigenvalue weighted by Crippen LogP contribution is -2.05. The molecule has 16 heavy (non-hydrogen) atoms. The van der Waals surface area contributed by atoms with Crippen molar-refractivity contribution >= 4 is 38.9 Å². The Morgan fingerprint density at radius 3 is 2.62 bits per heavy atom. The van der Waals surface area contributed by atoms with Gasteiger partial charge in [-0.2, -0.15) is 0 Å². The molecule has 0 saturated carbocycles. The molecule has 0 radical (unpaired) electrons. The second kappa shape index (κ2) is 4.88. The molecule has 0 spiro atoms. The monoisotopic (exact) mass is 315 g/mol. The van der Waals surface area contributed by atoms with Crippen LogP contribution in [0.25, 0.3) is 10.4 Å². The minimum Gasteiger partial charge on any atom is -0.324 e. The van der Waals surface area contributed by atoms with Crippen LogP contribution in [0.15, 0.2) is 34.1 Å². The smallest absolute Gasteiger partial charge is 0.0485 e. The van der Waals surface area contributed by atoms with Crippen LogP contribution in [0.1, 0.15) is 18.5 Å². The van der Waals surface area contributed by atoms with E-state index in [1.165, 1.54) is 4.88 Å². The van der Waals surface area contributed by atoms with E-state index in [9.17, 15) is 0 Å². The topological polar surface area (TPSA) is 26.0 Å². The molecule has 1 heterocycles. The molecule has 0 aliphatic heterocycles. The Bertz CT molecular complexity index is 507. The molecule has 0 bridgehead atoms. The van der Waals surface area contributed by atoms with Gasteiger partial charge in [0.05, 0.1) is 0 Å². The van der Waals surface area contributed by atoms with Crippen molar-refractivity contribution in [2.24, 2.45) is 5.73 Å². The van der Waals surface area contributed by atoms with Gasteiger partial charge in [-0.3, -0.25) is 0 Å². The van der Waals surface area contributed by atoms with Crippen molar-refractivity contribution < 1.29 is 0 Å². The third kappa shape index (κ3) is 2.33. The van der Waals surface area contributed by atoms with Crippen LogP contribution in [-0.4, -0.2) is 0 Å². The van der Waals surface area contributed by atoms with E-state index in [-0.39, 0.29) is 6.04 Å². The number of nitrogens with two attached hydrogens (primary N) is 1. The van der Waals surface area contributed by atoms with Crippen LogP contribution in [0.3, 0.4) is 0 Å². The average Bonchev–Trinajstić information content (AvgIpc) is 2.63. The number of hydrogen-bond donors (Lipinski definition) is 1. The quantitative estimate of drug-likeness (QED) is 0.842. The fourth-order valence-electron chi connectivity index (χ4n) is 1.54. The zero-order chi connectivity index (χ0) is 11.7. The Labute approximate surface area is 112 Å². The van der Waals surface area contributed by atoms with Gasteiger partial charge in [-0.05, 0) is 51.5 Å². The third-order valence-corrected chi connectivity index (χ3v) is 4.58. The molecule has 1 nitrogen and oxygen atoms in total. The number of hydrogen-bond acceptors (Lipinski definition) is 2. The van der Waals surface area contributed by atoms with Crippen LogP contribution in [0.2, 0.25) is 5.02 Å². The number of thiophene rings is 1. The summed E-state index contributed by atoms with van der Waals surface area (Å²) < 4.78 is 1.10. The van der Waals surface area contributed by atoms with Crippen LogP contribution >= 0.6 is 38.9 Å². The van der Waals surface area contributed by atoms with Crippen LogP contribution in [0.5, 0.6) is 0 Å². The molecule has 0 saturated heterocycles. The van der Waals surface area contributed by atoms with Crippen molar-refractivity contribution in [3.63, 3.8) is 0 Å². The zero-order valence-corrected chi connectivity index (χ0v) is 11.9. The van der Waals surface area contributed by atoms with Gasteiger partial charge in [0.1, 0.15) is 0 Å². The van der Waals surface area contributed by atoms with Crippen LogP contribution in [0.4, 0.5) is 0 Å². The molecule has 0 aliphatic rings. The first kappa shape index (κ1) is 12.1. The first-order valence-electron chi connectivity index (χ1n) is 4.88. The van der Waals surface area contributed by atoms with E-state index in [1.54, 1.807) is 11.3 Å². The molecular formula is C12H11BrClNS. The van der Waals surface area contributed by atoms with Crippen molar-refractivity contribution in [1.82, 2.24) is 0 Å². The molecule has 0 aliphatic carbocycles. The first-order chi connectivity index (χ1) is 7.59. The highest BCUT2D eigenvalue weighted by atomic mass is 79.9. The van der Waals surface area contributed by atoms with Gasteiger partial charge < -0.3 is 5.73 Å². The van der Waals surface area contributed by atoms with Gasteiger partial charge in [-0.15, -0.1) is 11.3 Å². The maximum absolute atomic E-state index is 6.20. The predicted octanol–water partition coefficient (Wildman–Crippen LogP) is 4.85. The summed E-state index contributed by atoms with van der Waals surface area (Å²) in [5.74, 6) is 0. The minimum atomic E-state index is -0.0340. The molecule has 1 unspecified atom stereocenters. The van der Waals surface area contributed by atoms with E-state index >= 15 is 0 Å². The fraction of sp³-hybridized carbons (Fsp3) is 0.167. The predicted molar refractivity (Wildman–Crippen MR) is 75.1 cm³/mol. The van der Waals surface area contributed by atoms with E-state index in [2.05, 4.69) is 22.0 Å². The summed E-state index contributed by atoms with van der Waals surface area (Å²) in [6.45, 7) is 1.93. The maximum Gasteiger partial charge on any atom is 0.0485 e. The molecular weight excluding hydrogens is 306 g/mol. The lowest BCUT2D eigenvalue weighted by molar-refractivity contribution is 0.819. The standard InChI is InChI=1S/C12H11BrClNS/c1-7(15)9-3-2-8(6-11(9)14)12-10(13)4-5-16-12/h2-7H,15H2,1H3. The zero-order valence-electron chi connectivity index (χ0n) is 8.71. The highest BCUT2D eigenvalue weighted by Crippen LogP contribution is 2.36. The summed E-state index contributed by atoms with van der Waals surface area (Å²) in [6, 6.07) is 8.02. The summed E-state index contributed by atoms with van der Waals surface area (Å²) >= 11 is 11.4. The van der Waals surface area contributed by atoms with Crippen LogP contribution in [-0.2, 0) is 0 Å². The summed E-state index contributed by atoms with van der Waals surface area (Å²) in [5, 5.41) is 2.78. The van der Waals surface area contributed by atoms with Crippen molar-refractivity contribution in [2.75, 3.05) is 0 Å². The second-order valence-electron chi connectivity index (χ2n) is 3.62. The largest absolute Gasteiger partial charge is 0.324 e. The van der Waals surface area contributed by atoms with Crippen LogP contribution < -0.4 is 5.73 Å². The Hall–Kier alpha value is -0.350. The van der Waals surface area contributed by atoms with Crippen LogP contribution in [0, 0.1) is 0 Å². The fourth-order valence-corrected chi connectivity index (χ4v) is 3.49. The van der Waals surface area contributed by atoms with E-state index in [0.717, 1.165) is 20.6 Å². The summed E-state index contributed by atoms with van der Waals surface area (Å²) in [4.78, 5) is 1.19. The lowest BCUT2D eigenvalue weighted by Gasteiger charge is -2.09. The Balaban J connectivity index is 2.46. The van der Waals surface area contributed by atoms with Crippen molar-refractivity contribution in [3.05, 3.63) is 44.7 Å². The molecule has 2 aromatic rings.